The monoisotopic (exact) mass is 373 g/mol. The molecule has 0 fully saturated rings. The number of halogens is 2. The zero-order valence-electron chi connectivity index (χ0n) is 13.3. The van der Waals surface area contributed by atoms with Gasteiger partial charge in [-0.2, -0.15) is 13.9 Å². The van der Waals surface area contributed by atoms with Crippen LogP contribution in [-0.4, -0.2) is 22.9 Å². The Morgan fingerprint density at radius 3 is 2.54 bits per heavy atom. The third-order valence-corrected chi connectivity index (χ3v) is 4.01. The van der Waals surface area contributed by atoms with Crippen molar-refractivity contribution in [2.75, 3.05) is 0 Å². The highest BCUT2D eigenvalue weighted by Crippen LogP contribution is 2.28. The van der Waals surface area contributed by atoms with E-state index in [4.69, 9.17) is 4.42 Å². The molecule has 0 aliphatic rings. The minimum atomic E-state index is -2.45. The second-order valence-corrected chi connectivity index (χ2v) is 6.10. The maximum Gasteiger partial charge on any atom is 0.288 e. The van der Waals surface area contributed by atoms with E-state index in [-0.39, 0.29) is 5.91 Å². The third-order valence-electron chi connectivity index (χ3n) is 3.29. The molecular formula is C18H13F2N3O2S. The van der Waals surface area contributed by atoms with Crippen LogP contribution in [-0.2, 0) is 0 Å². The van der Waals surface area contributed by atoms with Gasteiger partial charge in [0.15, 0.2) is 0 Å². The maximum absolute atomic E-state index is 12.3. The molecule has 1 amide bonds. The Kier molecular flexibility index (Phi) is 5.75. The third kappa shape index (κ3) is 4.76. The summed E-state index contributed by atoms with van der Waals surface area (Å²) < 4.78 is 30.3. The van der Waals surface area contributed by atoms with E-state index in [1.165, 1.54) is 18.6 Å². The molecule has 0 spiro atoms. The highest BCUT2D eigenvalue weighted by atomic mass is 32.2. The molecule has 3 rings (SSSR count). The van der Waals surface area contributed by atoms with Crippen LogP contribution in [0, 0.1) is 0 Å². The van der Waals surface area contributed by atoms with E-state index >= 15 is 0 Å². The number of furan rings is 1. The molecule has 0 radical (unpaired) electrons. The molecule has 0 saturated heterocycles. The van der Waals surface area contributed by atoms with E-state index in [0.29, 0.717) is 33.7 Å². The van der Waals surface area contributed by atoms with Gasteiger partial charge in [0.05, 0.1) is 6.21 Å². The lowest BCUT2D eigenvalue weighted by atomic mass is 10.2. The smallest absolute Gasteiger partial charge is 0.288 e. The van der Waals surface area contributed by atoms with E-state index in [9.17, 15) is 13.6 Å². The quantitative estimate of drug-likeness (QED) is 0.395. The molecule has 3 aromatic rings. The Morgan fingerprint density at radius 1 is 1.12 bits per heavy atom. The van der Waals surface area contributed by atoms with E-state index in [1.54, 1.807) is 48.5 Å². The molecule has 5 nitrogen and oxygen atoms in total. The van der Waals surface area contributed by atoms with Crippen molar-refractivity contribution in [1.29, 1.82) is 0 Å². The molecule has 1 N–H and O–H groups in total. The minimum absolute atomic E-state index is 0.359. The first-order chi connectivity index (χ1) is 12.6. The van der Waals surface area contributed by atoms with Crippen LogP contribution in [0.4, 0.5) is 8.78 Å². The van der Waals surface area contributed by atoms with Crippen molar-refractivity contribution in [2.45, 2.75) is 10.7 Å². The molecule has 0 atom stereocenters. The number of nitrogens with one attached hydrogen (secondary N) is 1. The number of nitrogens with zero attached hydrogens (tertiary/aromatic N) is 2. The fourth-order valence-corrected chi connectivity index (χ4v) is 2.60. The number of carbonyl (C=O) groups is 1. The Hall–Kier alpha value is -3.00. The predicted octanol–water partition coefficient (Wildman–Crippen LogP) is 4.42. The van der Waals surface area contributed by atoms with E-state index in [1.807, 2.05) is 0 Å². The topological polar surface area (TPSA) is 67.5 Å². The molecule has 8 heteroatoms. The van der Waals surface area contributed by atoms with Crippen LogP contribution < -0.4 is 5.43 Å². The van der Waals surface area contributed by atoms with Crippen LogP contribution in [0.3, 0.4) is 0 Å². The molecule has 0 bridgehead atoms. The fourth-order valence-electron chi connectivity index (χ4n) is 2.10. The van der Waals surface area contributed by atoms with Crippen molar-refractivity contribution in [3.63, 3.8) is 0 Å². The molecule has 132 valence electrons. The molecule has 0 saturated carbocycles. The van der Waals surface area contributed by atoms with Crippen LogP contribution in [0.2, 0.25) is 0 Å². The number of amides is 1. The number of alkyl halides is 2. The van der Waals surface area contributed by atoms with Crippen LogP contribution >= 0.6 is 11.8 Å². The summed E-state index contributed by atoms with van der Waals surface area (Å²) in [6.45, 7) is 0. The molecule has 26 heavy (non-hydrogen) atoms. The summed E-state index contributed by atoms with van der Waals surface area (Å²) in [5.41, 5.74) is 3.59. The number of thioether (sulfide) groups is 1. The van der Waals surface area contributed by atoms with E-state index in [2.05, 4.69) is 15.5 Å². The second kappa shape index (κ2) is 8.39. The number of hydrogen-bond donors (Lipinski definition) is 1. The van der Waals surface area contributed by atoms with Crippen molar-refractivity contribution in [1.82, 2.24) is 10.4 Å². The summed E-state index contributed by atoms with van der Waals surface area (Å²) in [5.74, 6) is -1.79. The molecule has 0 aliphatic carbocycles. The van der Waals surface area contributed by atoms with Gasteiger partial charge in [-0.05, 0) is 36.4 Å². The lowest BCUT2D eigenvalue weighted by molar-refractivity contribution is 0.0955. The molecular weight excluding hydrogens is 360 g/mol. The average molecular weight is 373 g/mol. The normalized spacial score (nSPS) is 11.2. The van der Waals surface area contributed by atoms with Gasteiger partial charge in [-0.1, -0.05) is 23.9 Å². The van der Waals surface area contributed by atoms with Gasteiger partial charge >= 0.3 is 0 Å². The highest BCUT2D eigenvalue weighted by molar-refractivity contribution is 7.99. The van der Waals surface area contributed by atoms with Gasteiger partial charge in [-0.3, -0.25) is 9.78 Å². The number of pyridine rings is 1. The number of aromatic nitrogens is 1. The summed E-state index contributed by atoms with van der Waals surface area (Å²) in [6, 6.07) is 13.2. The first kappa shape index (κ1) is 17.8. The first-order valence-corrected chi connectivity index (χ1v) is 8.38. The summed E-state index contributed by atoms with van der Waals surface area (Å²) in [6.07, 6.45) is 4.41. The lowest BCUT2D eigenvalue weighted by Crippen LogP contribution is -2.17. The zero-order chi connectivity index (χ0) is 18.4. The molecule has 0 unspecified atom stereocenters. The molecule has 2 aromatic heterocycles. The standard InChI is InChI=1S/C18H13F2N3O2S/c19-18(20)26-15-4-1-12(2-5-15)16-6-3-14(25-16)11-22-23-17(24)13-7-9-21-10-8-13/h1-11,18H,(H,23,24). The van der Waals surface area contributed by atoms with Gasteiger partial charge in [0, 0.05) is 28.4 Å². The van der Waals surface area contributed by atoms with Crippen LogP contribution in [0.5, 0.6) is 0 Å². The fraction of sp³-hybridized carbons (Fsp3) is 0.0556. The molecule has 1 aromatic carbocycles. The molecule has 0 aliphatic heterocycles. The first-order valence-electron chi connectivity index (χ1n) is 7.50. The Morgan fingerprint density at radius 2 is 1.85 bits per heavy atom. The Bertz CT molecular complexity index is 896. The van der Waals surface area contributed by atoms with E-state index < -0.39 is 5.76 Å². The van der Waals surface area contributed by atoms with Gasteiger partial charge in [-0.25, -0.2) is 5.43 Å². The largest absolute Gasteiger partial charge is 0.455 e. The highest BCUT2D eigenvalue weighted by Gasteiger charge is 2.07. The summed E-state index contributed by atoms with van der Waals surface area (Å²) in [4.78, 5) is 16.1. The van der Waals surface area contributed by atoms with Crippen molar-refractivity contribution < 1.29 is 18.0 Å². The van der Waals surface area contributed by atoms with Crippen LogP contribution in [0.25, 0.3) is 11.3 Å². The van der Waals surface area contributed by atoms with Crippen LogP contribution in [0.1, 0.15) is 16.1 Å². The summed E-state index contributed by atoms with van der Waals surface area (Å²) >= 11 is 0.490. The van der Waals surface area contributed by atoms with Crippen molar-refractivity contribution in [2.24, 2.45) is 5.10 Å². The second-order valence-electron chi connectivity index (χ2n) is 5.04. The number of rotatable bonds is 6. The lowest BCUT2D eigenvalue weighted by Gasteiger charge is -2.01. The number of hydrazone groups is 1. The Labute approximate surface area is 152 Å². The molecule has 2 heterocycles. The van der Waals surface area contributed by atoms with Crippen molar-refractivity contribution in [3.8, 4) is 11.3 Å². The number of hydrogen-bond acceptors (Lipinski definition) is 5. The minimum Gasteiger partial charge on any atom is -0.455 e. The van der Waals surface area contributed by atoms with Gasteiger partial charge in [0.25, 0.3) is 11.7 Å². The van der Waals surface area contributed by atoms with Gasteiger partial charge in [0.1, 0.15) is 11.5 Å². The van der Waals surface area contributed by atoms with E-state index in [0.717, 1.165) is 5.56 Å². The van der Waals surface area contributed by atoms with Crippen molar-refractivity contribution in [3.05, 3.63) is 72.2 Å². The zero-order valence-corrected chi connectivity index (χ0v) is 14.1. The van der Waals surface area contributed by atoms with Gasteiger partial charge in [-0.15, -0.1) is 0 Å². The summed E-state index contributed by atoms with van der Waals surface area (Å²) in [5, 5.41) is 3.85. The van der Waals surface area contributed by atoms with Gasteiger partial charge < -0.3 is 4.42 Å². The van der Waals surface area contributed by atoms with Gasteiger partial charge in [0.2, 0.25) is 0 Å². The summed E-state index contributed by atoms with van der Waals surface area (Å²) in [7, 11) is 0. The SMILES string of the molecule is O=C(NN=Cc1ccc(-c2ccc(SC(F)F)cc2)o1)c1ccncc1. The predicted molar refractivity (Wildman–Crippen MR) is 95.3 cm³/mol. The van der Waals surface area contributed by atoms with Crippen LogP contribution in [0.15, 0.2) is 75.3 Å². The Balaban J connectivity index is 1.61. The number of carbonyl (C=O) groups excluding carboxylic acids is 1. The maximum atomic E-state index is 12.3. The average Bonchev–Trinajstić information content (AvgIpc) is 3.11. The van der Waals surface area contributed by atoms with Crippen molar-refractivity contribution >= 4 is 23.9 Å². The number of benzene rings is 1.